The first-order valence-corrected chi connectivity index (χ1v) is 7.02. The molecule has 0 saturated heterocycles. The molecule has 0 aliphatic carbocycles. The number of alkyl carbamates (subject to hydrolysis) is 1. The van der Waals surface area contributed by atoms with Gasteiger partial charge in [-0.3, -0.25) is 14.9 Å². The quantitative estimate of drug-likeness (QED) is 0.715. The Morgan fingerprint density at radius 3 is 2.23 bits per heavy atom. The molecule has 0 aliphatic heterocycles. The number of rotatable bonds is 5. The van der Waals surface area contributed by atoms with Crippen LogP contribution in [0.25, 0.3) is 0 Å². The Balaban J connectivity index is 2.51. The van der Waals surface area contributed by atoms with Gasteiger partial charge in [0.15, 0.2) is 13.1 Å². The Hall–Kier alpha value is -1.83. The molecule has 0 heterocycles. The minimum atomic E-state index is -0.842. The lowest BCUT2D eigenvalue weighted by atomic mass is 10.3. The molecule has 7 nitrogen and oxygen atoms in total. The first-order chi connectivity index (χ1) is 10.3. The number of amides is 3. The second-order valence-corrected chi connectivity index (χ2v) is 5.31. The van der Waals surface area contributed by atoms with Crippen LogP contribution >= 0.6 is 23.2 Å². The zero-order valence-electron chi connectivity index (χ0n) is 12.0. The number of anilines is 1. The van der Waals surface area contributed by atoms with E-state index in [9.17, 15) is 14.4 Å². The van der Waals surface area contributed by atoms with Crippen LogP contribution in [0.3, 0.4) is 0 Å². The number of para-hydroxylation sites is 1. The first kappa shape index (κ1) is 18.2. The van der Waals surface area contributed by atoms with Crippen molar-refractivity contribution in [3.63, 3.8) is 0 Å². The van der Waals surface area contributed by atoms with Gasteiger partial charge in [0.25, 0.3) is 11.8 Å². The zero-order chi connectivity index (χ0) is 16.7. The average Bonchev–Trinajstić information content (AvgIpc) is 2.42. The standard InChI is InChI=1S/C13H15Cl2N3O4/c1-18(7-11(20)17-13(21)22-2)6-10(19)16-12-8(14)4-3-5-9(12)15/h3-5H,6-7H2,1-2H3,(H,16,19)(H,17,20,21)/p+1. The third-order valence-corrected chi connectivity index (χ3v) is 3.21. The van der Waals surface area contributed by atoms with E-state index in [0.717, 1.165) is 7.11 Å². The summed E-state index contributed by atoms with van der Waals surface area (Å²) in [6.45, 7) is -0.0745. The van der Waals surface area contributed by atoms with Crippen LogP contribution in [-0.2, 0) is 14.3 Å². The molecule has 9 heteroatoms. The van der Waals surface area contributed by atoms with Crippen molar-refractivity contribution < 1.29 is 24.0 Å². The monoisotopic (exact) mass is 348 g/mol. The second-order valence-electron chi connectivity index (χ2n) is 4.50. The predicted octanol–water partition coefficient (Wildman–Crippen LogP) is 0.329. The molecule has 0 saturated carbocycles. The van der Waals surface area contributed by atoms with Gasteiger partial charge >= 0.3 is 6.09 Å². The lowest BCUT2D eigenvalue weighted by Gasteiger charge is -2.14. The smallest absolute Gasteiger partial charge is 0.413 e. The molecule has 0 fully saturated rings. The molecule has 1 aromatic carbocycles. The molecule has 1 atom stereocenters. The van der Waals surface area contributed by atoms with E-state index in [0.29, 0.717) is 20.6 Å². The summed E-state index contributed by atoms with van der Waals surface area (Å²) in [5, 5.41) is 5.24. The second kappa shape index (κ2) is 8.57. The molecular weight excluding hydrogens is 333 g/mol. The Labute approximate surface area is 137 Å². The molecule has 3 N–H and O–H groups in total. The summed E-state index contributed by atoms with van der Waals surface area (Å²) in [4.78, 5) is 34.8. The number of carbonyl (C=O) groups is 3. The van der Waals surface area contributed by atoms with Crippen molar-refractivity contribution in [2.24, 2.45) is 0 Å². The van der Waals surface area contributed by atoms with Crippen molar-refractivity contribution in [2.75, 3.05) is 32.6 Å². The highest BCUT2D eigenvalue weighted by Gasteiger charge is 2.17. The van der Waals surface area contributed by atoms with Gasteiger partial charge in [-0.05, 0) is 12.1 Å². The molecule has 22 heavy (non-hydrogen) atoms. The van der Waals surface area contributed by atoms with Crippen molar-refractivity contribution in [2.45, 2.75) is 0 Å². The fourth-order valence-electron chi connectivity index (χ4n) is 1.62. The predicted molar refractivity (Wildman–Crippen MR) is 82.3 cm³/mol. The summed E-state index contributed by atoms with van der Waals surface area (Å²) in [5.41, 5.74) is 0.322. The zero-order valence-corrected chi connectivity index (χ0v) is 13.5. The van der Waals surface area contributed by atoms with E-state index in [1.54, 1.807) is 25.2 Å². The summed E-state index contributed by atoms with van der Waals surface area (Å²) in [7, 11) is 2.78. The molecule has 0 bridgehead atoms. The lowest BCUT2D eigenvalue weighted by Crippen LogP contribution is -3.11. The van der Waals surface area contributed by atoms with Crippen molar-refractivity contribution >= 4 is 46.8 Å². The largest absolute Gasteiger partial charge is 0.453 e. The number of methoxy groups -OCH3 is 1. The Kier molecular flexibility index (Phi) is 7.10. The Bertz CT molecular complexity index is 560. The van der Waals surface area contributed by atoms with Crippen molar-refractivity contribution in [3.05, 3.63) is 28.2 Å². The third-order valence-electron chi connectivity index (χ3n) is 2.58. The highest BCUT2D eigenvalue weighted by Crippen LogP contribution is 2.29. The molecule has 120 valence electrons. The van der Waals surface area contributed by atoms with E-state index >= 15 is 0 Å². The molecule has 1 rings (SSSR count). The van der Waals surface area contributed by atoms with Crippen LogP contribution in [0.4, 0.5) is 10.5 Å². The highest BCUT2D eigenvalue weighted by molar-refractivity contribution is 6.39. The van der Waals surface area contributed by atoms with Gasteiger partial charge in [-0.2, -0.15) is 0 Å². The molecule has 1 unspecified atom stereocenters. The number of hydrogen-bond acceptors (Lipinski definition) is 4. The summed E-state index contributed by atoms with van der Waals surface area (Å²) in [5.74, 6) is -0.911. The van der Waals surface area contributed by atoms with Crippen LogP contribution < -0.4 is 15.5 Å². The van der Waals surface area contributed by atoms with Crippen LogP contribution in [0.15, 0.2) is 18.2 Å². The van der Waals surface area contributed by atoms with E-state index < -0.39 is 12.0 Å². The summed E-state index contributed by atoms with van der Waals surface area (Å²) < 4.78 is 4.30. The fourth-order valence-corrected chi connectivity index (χ4v) is 2.11. The van der Waals surface area contributed by atoms with Gasteiger partial charge in [0.05, 0.1) is 29.9 Å². The molecular formula is C13H16Cl2N3O4+. The number of likely N-dealkylation sites (N-methyl/N-ethyl adjacent to an activating group) is 1. The maximum Gasteiger partial charge on any atom is 0.413 e. The van der Waals surface area contributed by atoms with E-state index in [1.165, 1.54) is 0 Å². The average molecular weight is 349 g/mol. The number of halogens is 2. The Morgan fingerprint density at radius 1 is 1.14 bits per heavy atom. The van der Waals surface area contributed by atoms with Crippen LogP contribution in [0.2, 0.25) is 10.0 Å². The molecule has 0 radical (unpaired) electrons. The summed E-state index contributed by atoms with van der Waals surface area (Å²) >= 11 is 11.9. The van der Waals surface area contributed by atoms with Gasteiger partial charge in [-0.25, -0.2) is 4.79 Å². The van der Waals surface area contributed by atoms with Crippen molar-refractivity contribution in [1.29, 1.82) is 0 Å². The number of carbonyl (C=O) groups excluding carboxylic acids is 3. The number of nitrogens with one attached hydrogen (secondary N) is 3. The van der Waals surface area contributed by atoms with Crippen molar-refractivity contribution in [1.82, 2.24) is 5.32 Å². The summed E-state index contributed by atoms with van der Waals surface area (Å²) in [6, 6.07) is 4.86. The molecule has 0 spiro atoms. The fraction of sp³-hybridized carbons (Fsp3) is 0.308. The third kappa shape index (κ3) is 5.88. The van der Waals surface area contributed by atoms with E-state index in [4.69, 9.17) is 23.2 Å². The normalized spacial score (nSPS) is 11.5. The molecule has 3 amide bonds. The summed E-state index contributed by atoms with van der Waals surface area (Å²) in [6.07, 6.45) is -0.842. The van der Waals surface area contributed by atoms with Crippen molar-refractivity contribution in [3.8, 4) is 0 Å². The van der Waals surface area contributed by atoms with Gasteiger partial charge in [0.1, 0.15) is 0 Å². The highest BCUT2D eigenvalue weighted by atomic mass is 35.5. The Morgan fingerprint density at radius 2 is 1.68 bits per heavy atom. The number of quaternary nitrogens is 1. The SMILES string of the molecule is COC(=O)NC(=O)C[NH+](C)CC(=O)Nc1c(Cl)cccc1Cl. The van der Waals surface area contributed by atoms with Gasteiger partial charge < -0.3 is 15.0 Å². The minimum absolute atomic E-state index is 0.00382. The van der Waals surface area contributed by atoms with Crippen LogP contribution in [0.5, 0.6) is 0 Å². The van der Waals surface area contributed by atoms with Gasteiger partial charge in [-0.15, -0.1) is 0 Å². The molecule has 0 aromatic heterocycles. The maximum atomic E-state index is 11.9. The van der Waals surface area contributed by atoms with E-state index in [-0.39, 0.29) is 19.0 Å². The topological polar surface area (TPSA) is 88.9 Å². The lowest BCUT2D eigenvalue weighted by molar-refractivity contribution is -0.862. The van der Waals surface area contributed by atoms with Crippen LogP contribution in [-0.4, -0.2) is 45.2 Å². The van der Waals surface area contributed by atoms with Crippen LogP contribution in [0, 0.1) is 0 Å². The van der Waals surface area contributed by atoms with E-state index in [1.807, 2.05) is 5.32 Å². The molecule has 1 aromatic rings. The van der Waals surface area contributed by atoms with Gasteiger partial charge in [-0.1, -0.05) is 29.3 Å². The number of benzene rings is 1. The van der Waals surface area contributed by atoms with Gasteiger partial charge in [0, 0.05) is 0 Å². The van der Waals surface area contributed by atoms with E-state index in [2.05, 4.69) is 10.1 Å². The maximum absolute atomic E-state index is 11.9. The van der Waals surface area contributed by atoms with Crippen LogP contribution in [0.1, 0.15) is 0 Å². The number of ether oxygens (including phenoxy) is 1. The minimum Gasteiger partial charge on any atom is -0.453 e. The first-order valence-electron chi connectivity index (χ1n) is 6.26. The number of imide groups is 1. The number of hydrogen-bond donors (Lipinski definition) is 3. The molecule has 0 aliphatic rings. The van der Waals surface area contributed by atoms with Gasteiger partial charge in [0.2, 0.25) is 0 Å².